The third kappa shape index (κ3) is 3.00. The second-order valence-corrected chi connectivity index (χ2v) is 7.75. The molecule has 1 fully saturated rings. The van der Waals surface area contributed by atoms with E-state index in [1.807, 2.05) is 0 Å². The summed E-state index contributed by atoms with van der Waals surface area (Å²) in [6, 6.07) is 18.6. The van der Waals surface area contributed by atoms with Crippen LogP contribution in [0, 0.1) is 5.92 Å². The van der Waals surface area contributed by atoms with E-state index in [4.69, 9.17) is 0 Å². The molecule has 2 heteroatoms. The molecule has 0 N–H and O–H groups in total. The molecule has 3 aliphatic rings. The van der Waals surface area contributed by atoms with Crippen molar-refractivity contribution in [3.05, 3.63) is 69.7 Å². The van der Waals surface area contributed by atoms with E-state index in [1.54, 1.807) is 11.1 Å². The zero-order chi connectivity index (χ0) is 14.9. The fraction of sp³-hybridized carbons (Fsp3) is 0.400. The summed E-state index contributed by atoms with van der Waals surface area (Å²) < 4.78 is 1.19. The van der Waals surface area contributed by atoms with E-state index >= 15 is 0 Å². The van der Waals surface area contributed by atoms with Crippen molar-refractivity contribution in [1.82, 2.24) is 4.90 Å². The minimum absolute atomic E-state index is 0.705. The molecule has 1 aliphatic carbocycles. The highest BCUT2D eigenvalue weighted by Gasteiger charge is 2.31. The van der Waals surface area contributed by atoms with Gasteiger partial charge in [0, 0.05) is 23.6 Å². The Kier molecular flexibility index (Phi) is 4.06. The van der Waals surface area contributed by atoms with Gasteiger partial charge in [0.1, 0.15) is 0 Å². The lowest BCUT2D eigenvalue weighted by atomic mass is 9.80. The summed E-state index contributed by atoms with van der Waals surface area (Å²) in [6.07, 6.45) is 5.23. The van der Waals surface area contributed by atoms with Crippen molar-refractivity contribution < 1.29 is 0 Å². The van der Waals surface area contributed by atoms with E-state index in [0.29, 0.717) is 6.04 Å². The van der Waals surface area contributed by atoms with Gasteiger partial charge in [-0.25, -0.2) is 0 Å². The molecular weight excluding hydrogens is 334 g/mol. The summed E-state index contributed by atoms with van der Waals surface area (Å²) >= 11 is 3.60. The van der Waals surface area contributed by atoms with Crippen LogP contribution >= 0.6 is 15.9 Å². The number of fused-ring (bicyclic) bond motifs is 2. The predicted octanol–water partition coefficient (Wildman–Crippen LogP) is 4.83. The monoisotopic (exact) mass is 355 g/mol. The van der Waals surface area contributed by atoms with E-state index in [2.05, 4.69) is 69.4 Å². The second-order valence-electron chi connectivity index (χ2n) is 6.83. The molecule has 5 rings (SSSR count). The summed E-state index contributed by atoms with van der Waals surface area (Å²) in [5.41, 5.74) is 4.60. The van der Waals surface area contributed by atoms with Crippen molar-refractivity contribution in [3.8, 4) is 0 Å². The van der Waals surface area contributed by atoms with Gasteiger partial charge in [0.05, 0.1) is 0 Å². The smallest absolute Gasteiger partial charge is 0.0237 e. The molecule has 2 aliphatic heterocycles. The van der Waals surface area contributed by atoms with Crippen molar-refractivity contribution in [2.75, 3.05) is 6.54 Å². The van der Waals surface area contributed by atoms with Crippen LogP contribution in [0.5, 0.6) is 0 Å². The predicted molar refractivity (Wildman–Crippen MR) is 94.9 cm³/mol. The number of halogens is 1. The summed E-state index contributed by atoms with van der Waals surface area (Å²) in [5.74, 6) is 0.824. The molecule has 2 unspecified atom stereocenters. The maximum atomic E-state index is 3.60. The maximum Gasteiger partial charge on any atom is 0.0237 e. The Morgan fingerprint density at radius 1 is 0.955 bits per heavy atom. The molecule has 22 heavy (non-hydrogen) atoms. The van der Waals surface area contributed by atoms with Crippen molar-refractivity contribution in [2.45, 2.75) is 38.3 Å². The lowest BCUT2D eigenvalue weighted by Gasteiger charge is -2.42. The van der Waals surface area contributed by atoms with Crippen LogP contribution in [0.25, 0.3) is 0 Å². The molecule has 2 aromatic carbocycles. The van der Waals surface area contributed by atoms with Gasteiger partial charge in [0.25, 0.3) is 0 Å². The third-order valence-electron chi connectivity index (χ3n) is 5.27. The Labute approximate surface area is 141 Å². The molecule has 2 heterocycles. The van der Waals surface area contributed by atoms with Gasteiger partial charge < -0.3 is 0 Å². The van der Waals surface area contributed by atoms with Crippen LogP contribution in [-0.2, 0) is 19.4 Å². The number of hydrogen-bond acceptors (Lipinski definition) is 1. The Hall–Kier alpha value is -1.12. The fourth-order valence-electron chi connectivity index (χ4n) is 4.16. The Morgan fingerprint density at radius 2 is 1.77 bits per heavy atom. The lowest BCUT2D eigenvalue weighted by Crippen LogP contribution is -2.46. The van der Waals surface area contributed by atoms with E-state index < -0.39 is 0 Å². The van der Waals surface area contributed by atoms with Gasteiger partial charge in [-0.3, -0.25) is 4.90 Å². The van der Waals surface area contributed by atoms with Crippen molar-refractivity contribution in [3.63, 3.8) is 0 Å². The first-order chi connectivity index (χ1) is 10.8. The minimum Gasteiger partial charge on any atom is -0.296 e. The van der Waals surface area contributed by atoms with Gasteiger partial charge in [-0.1, -0.05) is 52.3 Å². The van der Waals surface area contributed by atoms with Crippen LogP contribution in [0.2, 0.25) is 0 Å². The zero-order valence-corrected chi connectivity index (χ0v) is 14.4. The lowest BCUT2D eigenvalue weighted by molar-refractivity contribution is 0.0938. The van der Waals surface area contributed by atoms with E-state index in [0.717, 1.165) is 12.5 Å². The molecule has 2 aromatic rings. The van der Waals surface area contributed by atoms with Gasteiger partial charge in [-0.05, 0) is 60.4 Å². The third-order valence-corrected chi connectivity index (χ3v) is 5.77. The van der Waals surface area contributed by atoms with Crippen LogP contribution in [0.3, 0.4) is 0 Å². The molecule has 0 radical (unpaired) electrons. The van der Waals surface area contributed by atoms with Crippen molar-refractivity contribution in [1.29, 1.82) is 0 Å². The molecule has 0 amide bonds. The van der Waals surface area contributed by atoms with Crippen molar-refractivity contribution in [2.24, 2.45) is 5.92 Å². The minimum atomic E-state index is 0.705. The van der Waals surface area contributed by atoms with Crippen LogP contribution in [0.15, 0.2) is 53.0 Å². The topological polar surface area (TPSA) is 3.24 Å². The Bertz CT molecular complexity index is 666. The SMILES string of the molecule is Brc1cccc(CN2CC3CCC2Cc2ccccc2C3)c1. The summed E-state index contributed by atoms with van der Waals surface area (Å²) in [4.78, 5) is 2.73. The second kappa shape index (κ2) is 6.17. The Morgan fingerprint density at radius 3 is 2.59 bits per heavy atom. The van der Waals surface area contributed by atoms with Gasteiger partial charge in [0.15, 0.2) is 0 Å². The standard InChI is InChI=1S/C20H22BrN/c21-19-7-3-4-15(11-19)13-22-14-16-8-9-20(22)12-18-6-2-1-5-17(18)10-16/h1-7,11,16,20H,8-10,12-14H2. The maximum absolute atomic E-state index is 3.60. The normalized spacial score (nSPS) is 24.6. The molecule has 1 saturated heterocycles. The first-order valence-electron chi connectivity index (χ1n) is 8.33. The van der Waals surface area contributed by atoms with Crippen molar-refractivity contribution >= 4 is 15.9 Å². The molecule has 0 spiro atoms. The molecule has 0 saturated carbocycles. The van der Waals surface area contributed by atoms with Gasteiger partial charge in [-0.15, -0.1) is 0 Å². The van der Waals surface area contributed by atoms with Crippen LogP contribution < -0.4 is 0 Å². The number of piperidine rings is 1. The highest BCUT2D eigenvalue weighted by molar-refractivity contribution is 9.10. The Balaban J connectivity index is 1.58. The van der Waals surface area contributed by atoms with Gasteiger partial charge in [-0.2, -0.15) is 0 Å². The highest BCUT2D eigenvalue weighted by atomic mass is 79.9. The first-order valence-corrected chi connectivity index (χ1v) is 9.12. The van der Waals surface area contributed by atoms with Gasteiger partial charge >= 0.3 is 0 Å². The number of rotatable bonds is 2. The van der Waals surface area contributed by atoms with E-state index in [1.165, 1.54) is 42.3 Å². The average molecular weight is 356 g/mol. The first kappa shape index (κ1) is 14.5. The van der Waals surface area contributed by atoms with E-state index in [9.17, 15) is 0 Å². The number of benzene rings is 2. The molecule has 114 valence electrons. The molecule has 0 aromatic heterocycles. The highest BCUT2D eigenvalue weighted by Crippen LogP contribution is 2.33. The molecular formula is C20H22BrN. The van der Waals surface area contributed by atoms with Crippen LogP contribution in [0.1, 0.15) is 29.5 Å². The van der Waals surface area contributed by atoms with Crippen LogP contribution in [-0.4, -0.2) is 17.5 Å². The molecule has 2 atom stereocenters. The zero-order valence-electron chi connectivity index (χ0n) is 12.8. The summed E-state index contributed by atoms with van der Waals surface area (Å²) in [5, 5.41) is 0. The number of nitrogens with zero attached hydrogens (tertiary/aromatic N) is 1. The quantitative estimate of drug-likeness (QED) is 0.745. The summed E-state index contributed by atoms with van der Waals surface area (Å²) in [6.45, 7) is 2.34. The van der Waals surface area contributed by atoms with E-state index in [-0.39, 0.29) is 0 Å². The average Bonchev–Trinajstić information content (AvgIpc) is 2.48. The largest absolute Gasteiger partial charge is 0.296 e. The summed E-state index contributed by atoms with van der Waals surface area (Å²) in [7, 11) is 0. The van der Waals surface area contributed by atoms with Gasteiger partial charge in [0.2, 0.25) is 0 Å². The number of hydrogen-bond donors (Lipinski definition) is 0. The molecule has 2 bridgehead atoms. The van der Waals surface area contributed by atoms with Crippen LogP contribution in [0.4, 0.5) is 0 Å². The molecule has 1 nitrogen and oxygen atoms in total. The fourth-order valence-corrected chi connectivity index (χ4v) is 4.61.